The molecule has 11 heavy (non-hydrogen) atoms. The van der Waals surface area contributed by atoms with Crippen molar-refractivity contribution in [1.82, 2.24) is 0 Å². The first kappa shape index (κ1) is 10.6. The van der Waals surface area contributed by atoms with E-state index >= 15 is 0 Å². The predicted octanol–water partition coefficient (Wildman–Crippen LogP) is 3.33. The van der Waals surface area contributed by atoms with Gasteiger partial charge in [-0.2, -0.15) is 0 Å². The average Bonchev–Trinajstić information content (AvgIpc) is 1.82. The molecule has 0 unspecified atom stereocenters. The van der Waals surface area contributed by atoms with Crippen LogP contribution in [0.25, 0.3) is 0 Å². The smallest absolute Gasteiger partial charge is 0.0177 e. The van der Waals surface area contributed by atoms with Crippen molar-refractivity contribution < 1.29 is 0 Å². The summed E-state index contributed by atoms with van der Waals surface area (Å²) >= 11 is 0. The van der Waals surface area contributed by atoms with Crippen molar-refractivity contribution in [2.45, 2.75) is 41.0 Å². The van der Waals surface area contributed by atoms with Crippen molar-refractivity contribution in [3.63, 3.8) is 0 Å². The molecule has 0 spiro atoms. The SMILES string of the molecule is CC(C)C#C[C@@H](C)CC(C)C. The van der Waals surface area contributed by atoms with Crippen molar-refractivity contribution >= 4 is 0 Å². The highest BCUT2D eigenvalue weighted by atomic mass is 14.0. The molecular formula is C11H20. The van der Waals surface area contributed by atoms with Gasteiger partial charge in [-0.25, -0.2) is 0 Å². The lowest BCUT2D eigenvalue weighted by atomic mass is 9.99. The van der Waals surface area contributed by atoms with E-state index in [1.54, 1.807) is 0 Å². The van der Waals surface area contributed by atoms with Gasteiger partial charge in [0.1, 0.15) is 0 Å². The van der Waals surface area contributed by atoms with Gasteiger partial charge in [0.15, 0.2) is 0 Å². The minimum Gasteiger partial charge on any atom is -0.100 e. The Hall–Kier alpha value is -0.440. The number of hydrogen-bond acceptors (Lipinski definition) is 0. The van der Waals surface area contributed by atoms with Crippen LogP contribution in [0.1, 0.15) is 41.0 Å². The third-order valence-corrected chi connectivity index (χ3v) is 1.44. The maximum Gasteiger partial charge on any atom is 0.0177 e. The van der Waals surface area contributed by atoms with Crippen LogP contribution >= 0.6 is 0 Å². The van der Waals surface area contributed by atoms with Gasteiger partial charge >= 0.3 is 0 Å². The van der Waals surface area contributed by atoms with E-state index in [0.717, 1.165) is 5.92 Å². The first-order valence-electron chi connectivity index (χ1n) is 4.53. The Balaban J connectivity index is 3.70. The molecule has 0 aliphatic carbocycles. The van der Waals surface area contributed by atoms with E-state index in [1.807, 2.05) is 0 Å². The van der Waals surface area contributed by atoms with Crippen LogP contribution in [0.5, 0.6) is 0 Å². The fourth-order valence-corrected chi connectivity index (χ4v) is 1.07. The quantitative estimate of drug-likeness (QED) is 0.532. The van der Waals surface area contributed by atoms with Gasteiger partial charge in [0, 0.05) is 11.8 Å². The minimum atomic E-state index is 0.518. The fraction of sp³-hybridized carbons (Fsp3) is 0.818. The van der Waals surface area contributed by atoms with Crippen molar-refractivity contribution in [3.05, 3.63) is 0 Å². The summed E-state index contributed by atoms with van der Waals surface area (Å²) in [4.78, 5) is 0. The van der Waals surface area contributed by atoms with Crippen molar-refractivity contribution in [2.75, 3.05) is 0 Å². The summed E-state index contributed by atoms with van der Waals surface area (Å²) in [5, 5.41) is 0. The molecule has 0 aromatic rings. The normalized spacial score (nSPS) is 13.0. The van der Waals surface area contributed by atoms with E-state index in [-0.39, 0.29) is 0 Å². The van der Waals surface area contributed by atoms with Gasteiger partial charge in [-0.05, 0) is 12.3 Å². The van der Waals surface area contributed by atoms with Gasteiger partial charge in [-0.15, -0.1) is 5.92 Å². The standard InChI is InChI=1S/C11H20/c1-9(2)6-7-11(5)8-10(3)4/h9-11H,8H2,1-5H3/t11-/m1/s1. The summed E-state index contributed by atoms with van der Waals surface area (Å²) in [6.45, 7) is 11.0. The molecule has 0 fully saturated rings. The highest BCUT2D eigenvalue weighted by molar-refractivity contribution is 5.04. The van der Waals surface area contributed by atoms with Gasteiger partial charge in [0.25, 0.3) is 0 Å². The molecule has 0 saturated carbocycles. The summed E-state index contributed by atoms with van der Waals surface area (Å²) in [5.41, 5.74) is 0. The molecule has 0 bridgehead atoms. The molecule has 64 valence electrons. The summed E-state index contributed by atoms with van der Waals surface area (Å²) in [6, 6.07) is 0. The molecule has 0 N–H and O–H groups in total. The predicted molar refractivity (Wildman–Crippen MR) is 51.2 cm³/mol. The Morgan fingerprint density at radius 1 is 0.909 bits per heavy atom. The lowest BCUT2D eigenvalue weighted by Crippen LogP contribution is -1.97. The first-order chi connectivity index (χ1) is 5.02. The Labute approximate surface area is 71.4 Å². The molecule has 0 saturated heterocycles. The second-order valence-electron chi connectivity index (χ2n) is 3.97. The van der Waals surface area contributed by atoms with Crippen molar-refractivity contribution in [1.29, 1.82) is 0 Å². The fourth-order valence-electron chi connectivity index (χ4n) is 1.07. The zero-order chi connectivity index (χ0) is 8.85. The van der Waals surface area contributed by atoms with E-state index in [4.69, 9.17) is 0 Å². The molecule has 1 atom stereocenters. The van der Waals surface area contributed by atoms with Crippen LogP contribution in [-0.4, -0.2) is 0 Å². The highest BCUT2D eigenvalue weighted by Crippen LogP contribution is 2.09. The zero-order valence-electron chi connectivity index (χ0n) is 8.44. The van der Waals surface area contributed by atoms with E-state index in [9.17, 15) is 0 Å². The third kappa shape index (κ3) is 7.46. The highest BCUT2D eigenvalue weighted by Gasteiger charge is 2.00. The molecule has 0 aliphatic heterocycles. The van der Waals surface area contributed by atoms with E-state index in [0.29, 0.717) is 11.8 Å². The van der Waals surface area contributed by atoms with Crippen LogP contribution in [-0.2, 0) is 0 Å². The molecule has 0 heteroatoms. The second kappa shape index (κ2) is 5.24. The molecule has 0 aromatic heterocycles. The average molecular weight is 152 g/mol. The van der Waals surface area contributed by atoms with Gasteiger partial charge in [0.2, 0.25) is 0 Å². The maximum absolute atomic E-state index is 3.26. The van der Waals surface area contributed by atoms with Crippen LogP contribution in [0, 0.1) is 29.6 Å². The van der Waals surface area contributed by atoms with Gasteiger partial charge in [0.05, 0.1) is 0 Å². The van der Waals surface area contributed by atoms with Crippen LogP contribution in [0.3, 0.4) is 0 Å². The minimum absolute atomic E-state index is 0.518. The Bertz CT molecular complexity index is 143. The summed E-state index contributed by atoms with van der Waals surface area (Å²) in [5.74, 6) is 8.32. The first-order valence-corrected chi connectivity index (χ1v) is 4.53. The lowest BCUT2D eigenvalue weighted by molar-refractivity contribution is 0.513. The van der Waals surface area contributed by atoms with Crippen LogP contribution < -0.4 is 0 Å². The molecule has 0 radical (unpaired) electrons. The third-order valence-electron chi connectivity index (χ3n) is 1.44. The maximum atomic E-state index is 3.26. The summed E-state index contributed by atoms with van der Waals surface area (Å²) in [7, 11) is 0. The zero-order valence-corrected chi connectivity index (χ0v) is 8.44. The van der Waals surface area contributed by atoms with Gasteiger partial charge in [-0.1, -0.05) is 40.5 Å². The summed E-state index contributed by atoms with van der Waals surface area (Å²) < 4.78 is 0. The summed E-state index contributed by atoms with van der Waals surface area (Å²) in [6.07, 6.45) is 1.22. The largest absolute Gasteiger partial charge is 0.100 e. The molecule has 0 rings (SSSR count). The van der Waals surface area contributed by atoms with Crippen molar-refractivity contribution in [2.24, 2.45) is 17.8 Å². The molecule has 0 amide bonds. The van der Waals surface area contributed by atoms with Gasteiger partial charge < -0.3 is 0 Å². The Morgan fingerprint density at radius 2 is 1.45 bits per heavy atom. The molecule has 0 nitrogen and oxygen atoms in total. The molecule has 0 aliphatic rings. The van der Waals surface area contributed by atoms with E-state index < -0.39 is 0 Å². The molecule has 0 aromatic carbocycles. The second-order valence-corrected chi connectivity index (χ2v) is 3.97. The monoisotopic (exact) mass is 152 g/mol. The molecular weight excluding hydrogens is 132 g/mol. The van der Waals surface area contributed by atoms with E-state index in [1.165, 1.54) is 6.42 Å². The van der Waals surface area contributed by atoms with Crippen LogP contribution in [0.2, 0.25) is 0 Å². The van der Waals surface area contributed by atoms with Crippen LogP contribution in [0.4, 0.5) is 0 Å². The molecule has 0 heterocycles. The van der Waals surface area contributed by atoms with Crippen molar-refractivity contribution in [3.8, 4) is 11.8 Å². The lowest BCUT2D eigenvalue weighted by Gasteiger charge is -2.06. The topological polar surface area (TPSA) is 0 Å². The Morgan fingerprint density at radius 3 is 1.82 bits per heavy atom. The Kier molecular flexibility index (Phi) is 5.03. The number of rotatable bonds is 2. The van der Waals surface area contributed by atoms with Crippen LogP contribution in [0.15, 0.2) is 0 Å². The number of hydrogen-bond donors (Lipinski definition) is 0. The van der Waals surface area contributed by atoms with Gasteiger partial charge in [-0.3, -0.25) is 0 Å². The van der Waals surface area contributed by atoms with E-state index in [2.05, 4.69) is 46.5 Å².